The zero-order valence-electron chi connectivity index (χ0n) is 10.5. The van der Waals surface area contributed by atoms with Gasteiger partial charge in [0.25, 0.3) is 11.6 Å². The highest BCUT2D eigenvalue weighted by Gasteiger charge is 2.20. The van der Waals surface area contributed by atoms with Gasteiger partial charge in [-0.05, 0) is 19.4 Å². The molecule has 20 heavy (non-hydrogen) atoms. The van der Waals surface area contributed by atoms with Gasteiger partial charge in [-0.25, -0.2) is 4.39 Å². The van der Waals surface area contributed by atoms with Crippen molar-refractivity contribution in [3.05, 3.63) is 44.2 Å². The minimum absolute atomic E-state index is 0.0257. The second kappa shape index (κ2) is 5.29. The third kappa shape index (κ3) is 2.77. The molecule has 0 saturated carbocycles. The number of amides is 1. The van der Waals surface area contributed by atoms with Crippen molar-refractivity contribution in [1.29, 1.82) is 0 Å². The summed E-state index contributed by atoms with van der Waals surface area (Å²) in [6.45, 7) is 3.06. The molecule has 0 unspecified atom stereocenters. The van der Waals surface area contributed by atoms with Crippen LogP contribution in [0.2, 0.25) is 0 Å². The van der Waals surface area contributed by atoms with Crippen molar-refractivity contribution in [2.24, 2.45) is 0 Å². The van der Waals surface area contributed by atoms with Crippen LogP contribution in [-0.4, -0.2) is 21.0 Å². The molecule has 2 aromatic rings. The molecule has 0 radical (unpaired) electrons. The fraction of sp³-hybridized carbons (Fsp3) is 0.182. The summed E-state index contributed by atoms with van der Waals surface area (Å²) in [6.07, 6.45) is 0. The molecule has 7 nitrogen and oxygen atoms in total. The average Bonchev–Trinajstić information content (AvgIpc) is 2.77. The molecular formula is C11H9FN4O3S. The molecule has 0 atom stereocenters. The van der Waals surface area contributed by atoms with Gasteiger partial charge in [-0.1, -0.05) is 11.3 Å². The number of nitro benzene ring substituents is 1. The van der Waals surface area contributed by atoms with Crippen LogP contribution in [0.5, 0.6) is 0 Å². The first-order valence-electron chi connectivity index (χ1n) is 5.44. The van der Waals surface area contributed by atoms with Gasteiger partial charge in [0.2, 0.25) is 5.13 Å². The molecule has 0 bridgehead atoms. The van der Waals surface area contributed by atoms with E-state index in [0.717, 1.165) is 23.5 Å². The Morgan fingerprint density at radius 1 is 1.40 bits per heavy atom. The van der Waals surface area contributed by atoms with Crippen LogP contribution in [0, 0.1) is 29.8 Å². The summed E-state index contributed by atoms with van der Waals surface area (Å²) in [5, 5.41) is 21.3. The van der Waals surface area contributed by atoms with Crippen LogP contribution >= 0.6 is 11.3 Å². The summed E-state index contributed by atoms with van der Waals surface area (Å²) >= 11 is 1.12. The number of nitrogens with zero attached hydrogens (tertiary/aromatic N) is 3. The van der Waals surface area contributed by atoms with E-state index in [4.69, 9.17) is 0 Å². The summed E-state index contributed by atoms with van der Waals surface area (Å²) in [5.74, 6) is -1.60. The lowest BCUT2D eigenvalue weighted by atomic mass is 10.1. The summed E-state index contributed by atoms with van der Waals surface area (Å²) in [4.78, 5) is 22.0. The number of aromatic nitrogens is 2. The molecule has 0 aliphatic rings. The van der Waals surface area contributed by atoms with Crippen LogP contribution in [0.3, 0.4) is 0 Å². The highest BCUT2D eigenvalue weighted by atomic mass is 32.1. The van der Waals surface area contributed by atoms with Crippen molar-refractivity contribution >= 4 is 28.1 Å². The second-order valence-corrected chi connectivity index (χ2v) is 5.14. The fourth-order valence-corrected chi connectivity index (χ4v) is 2.12. The maximum Gasteiger partial charge on any atom is 0.270 e. The molecule has 0 aliphatic heterocycles. The molecule has 0 aliphatic carbocycles. The van der Waals surface area contributed by atoms with Gasteiger partial charge in [-0.2, -0.15) is 0 Å². The van der Waals surface area contributed by atoms with Crippen LogP contribution in [0.25, 0.3) is 0 Å². The standard InChI is InChI=1S/C11H9FN4O3S/c1-5-3-7(16(18)19)4-8(9(5)12)10(17)13-11-15-14-6(2)20-11/h3-4H,1-2H3,(H,13,15,17). The van der Waals surface area contributed by atoms with Gasteiger partial charge < -0.3 is 0 Å². The van der Waals surface area contributed by atoms with Crippen LogP contribution in [0.15, 0.2) is 12.1 Å². The summed E-state index contributed by atoms with van der Waals surface area (Å²) in [5.41, 5.74) is -0.718. The predicted molar refractivity (Wildman–Crippen MR) is 70.4 cm³/mol. The number of aryl methyl sites for hydroxylation is 2. The first-order valence-corrected chi connectivity index (χ1v) is 6.26. The molecule has 2 rings (SSSR count). The summed E-state index contributed by atoms with van der Waals surface area (Å²) in [7, 11) is 0. The Balaban J connectivity index is 2.36. The van der Waals surface area contributed by atoms with Crippen LogP contribution in [-0.2, 0) is 0 Å². The lowest BCUT2D eigenvalue weighted by Gasteiger charge is -2.05. The Bertz CT molecular complexity index is 701. The van der Waals surface area contributed by atoms with Crippen LogP contribution < -0.4 is 5.32 Å². The van der Waals surface area contributed by atoms with Crippen LogP contribution in [0.4, 0.5) is 15.2 Å². The number of nitro groups is 1. The van der Waals surface area contributed by atoms with Gasteiger partial charge in [-0.3, -0.25) is 20.2 Å². The van der Waals surface area contributed by atoms with E-state index in [1.54, 1.807) is 6.92 Å². The van der Waals surface area contributed by atoms with Gasteiger partial charge in [0, 0.05) is 12.1 Å². The maximum absolute atomic E-state index is 13.9. The Kier molecular flexibility index (Phi) is 3.70. The van der Waals surface area contributed by atoms with Crippen molar-refractivity contribution in [3.63, 3.8) is 0 Å². The van der Waals surface area contributed by atoms with E-state index in [0.29, 0.717) is 5.01 Å². The zero-order chi connectivity index (χ0) is 14.9. The predicted octanol–water partition coefficient (Wildman–Crippen LogP) is 2.45. The van der Waals surface area contributed by atoms with Crippen molar-refractivity contribution in [2.75, 3.05) is 5.32 Å². The molecule has 0 spiro atoms. The Morgan fingerprint density at radius 2 is 2.10 bits per heavy atom. The molecule has 1 aromatic heterocycles. The zero-order valence-corrected chi connectivity index (χ0v) is 11.3. The third-order valence-electron chi connectivity index (χ3n) is 2.44. The highest BCUT2D eigenvalue weighted by molar-refractivity contribution is 7.15. The average molecular weight is 296 g/mol. The van der Waals surface area contributed by atoms with E-state index in [2.05, 4.69) is 15.5 Å². The molecule has 1 N–H and O–H groups in total. The smallest absolute Gasteiger partial charge is 0.270 e. The van der Waals surface area contributed by atoms with E-state index in [1.807, 2.05) is 0 Å². The fourth-order valence-electron chi connectivity index (χ4n) is 1.53. The van der Waals surface area contributed by atoms with E-state index in [9.17, 15) is 19.3 Å². The topological polar surface area (TPSA) is 98.0 Å². The van der Waals surface area contributed by atoms with Gasteiger partial charge >= 0.3 is 0 Å². The van der Waals surface area contributed by atoms with Crippen LogP contribution in [0.1, 0.15) is 20.9 Å². The first-order chi connectivity index (χ1) is 9.38. The van der Waals surface area contributed by atoms with E-state index >= 15 is 0 Å². The lowest BCUT2D eigenvalue weighted by molar-refractivity contribution is -0.385. The minimum Gasteiger partial charge on any atom is -0.296 e. The number of non-ortho nitro benzene ring substituents is 1. The molecule has 0 fully saturated rings. The number of hydrogen-bond donors (Lipinski definition) is 1. The van der Waals surface area contributed by atoms with E-state index < -0.39 is 22.2 Å². The van der Waals surface area contributed by atoms with Gasteiger partial charge in [0.05, 0.1) is 10.5 Å². The first kappa shape index (κ1) is 14.0. The largest absolute Gasteiger partial charge is 0.296 e. The Labute approximate surface area is 116 Å². The Morgan fingerprint density at radius 3 is 2.65 bits per heavy atom. The second-order valence-electron chi connectivity index (χ2n) is 3.96. The summed E-state index contributed by atoms with van der Waals surface area (Å²) in [6, 6.07) is 1.97. The number of hydrogen-bond acceptors (Lipinski definition) is 6. The van der Waals surface area contributed by atoms with E-state index in [-0.39, 0.29) is 16.4 Å². The molecule has 9 heteroatoms. The number of rotatable bonds is 3. The number of anilines is 1. The number of benzene rings is 1. The van der Waals surface area contributed by atoms with Gasteiger partial charge in [0.1, 0.15) is 10.8 Å². The molecule has 0 saturated heterocycles. The molecular weight excluding hydrogens is 287 g/mol. The SMILES string of the molecule is Cc1nnc(NC(=O)c2cc([N+](=O)[O-])cc(C)c2F)s1. The third-order valence-corrected chi connectivity index (χ3v) is 3.20. The number of carbonyl (C=O) groups excluding carboxylic acids is 1. The maximum atomic E-state index is 13.9. The minimum atomic E-state index is -0.801. The number of carbonyl (C=O) groups is 1. The number of halogens is 1. The molecule has 1 aromatic carbocycles. The quantitative estimate of drug-likeness (QED) is 0.693. The monoisotopic (exact) mass is 296 g/mol. The number of nitrogens with one attached hydrogen (secondary N) is 1. The van der Waals surface area contributed by atoms with Crippen molar-refractivity contribution in [1.82, 2.24) is 10.2 Å². The van der Waals surface area contributed by atoms with Crippen molar-refractivity contribution < 1.29 is 14.1 Å². The van der Waals surface area contributed by atoms with Crippen molar-refractivity contribution in [2.45, 2.75) is 13.8 Å². The lowest BCUT2D eigenvalue weighted by Crippen LogP contribution is -2.14. The highest BCUT2D eigenvalue weighted by Crippen LogP contribution is 2.22. The van der Waals surface area contributed by atoms with Gasteiger partial charge in [-0.15, -0.1) is 10.2 Å². The van der Waals surface area contributed by atoms with E-state index in [1.165, 1.54) is 6.92 Å². The van der Waals surface area contributed by atoms with Gasteiger partial charge in [0.15, 0.2) is 0 Å². The molecule has 1 amide bonds. The molecule has 104 valence electrons. The summed E-state index contributed by atoms with van der Waals surface area (Å²) < 4.78 is 13.9. The molecule has 1 heterocycles. The Hall–Kier alpha value is -2.42. The normalized spacial score (nSPS) is 10.3. The van der Waals surface area contributed by atoms with Crippen molar-refractivity contribution in [3.8, 4) is 0 Å².